The highest BCUT2D eigenvalue weighted by molar-refractivity contribution is 5.05. The Morgan fingerprint density at radius 1 is 0.375 bits per heavy atom. The molecule has 0 aromatic carbocycles. The molecule has 2 aromatic rings. The molecule has 3 rings (SSSR count). The van der Waals surface area contributed by atoms with Crippen LogP contribution in [0.2, 0.25) is 0 Å². The van der Waals surface area contributed by atoms with E-state index in [1.165, 1.54) is 178 Å². The van der Waals surface area contributed by atoms with Crippen LogP contribution in [0.1, 0.15) is 152 Å². The van der Waals surface area contributed by atoms with Crippen LogP contribution in [-0.4, -0.2) is 0 Å². The zero-order chi connectivity index (χ0) is 27.8. The lowest BCUT2D eigenvalue weighted by molar-refractivity contribution is -0.697. The van der Waals surface area contributed by atoms with Gasteiger partial charge >= 0.3 is 0 Å². The van der Waals surface area contributed by atoms with Crippen molar-refractivity contribution in [3.05, 3.63) is 72.3 Å². The van der Waals surface area contributed by atoms with Crippen LogP contribution in [0.5, 0.6) is 0 Å². The maximum Gasteiger partial charge on any atom is 0.171 e. The highest BCUT2D eigenvalue weighted by atomic mass is 14.9. The van der Waals surface area contributed by atoms with Crippen molar-refractivity contribution in [2.75, 3.05) is 0 Å². The molecule has 2 aromatic heterocycles. The monoisotopic (exact) mass is 546 g/mol. The Bertz CT molecular complexity index is 828. The van der Waals surface area contributed by atoms with Gasteiger partial charge in [0.05, 0.1) is 0 Å². The molecule has 0 spiro atoms. The number of rotatable bonds is 0. The van der Waals surface area contributed by atoms with E-state index in [1.54, 1.807) is 0 Å². The lowest BCUT2D eigenvalue weighted by Crippen LogP contribution is -2.33. The highest BCUT2D eigenvalue weighted by Gasteiger charge is 2.05. The molecule has 4 bridgehead atoms. The summed E-state index contributed by atoms with van der Waals surface area (Å²) in [5, 5.41) is 0. The van der Waals surface area contributed by atoms with Crippen LogP contribution in [0.4, 0.5) is 0 Å². The molecule has 2 heteroatoms. The van der Waals surface area contributed by atoms with Gasteiger partial charge in [-0.15, -0.1) is 0 Å². The fourth-order valence-corrected chi connectivity index (χ4v) is 6.21. The summed E-state index contributed by atoms with van der Waals surface area (Å²) in [6.07, 6.45) is 46.9. The number of nitrogens with zero attached hydrogens (tertiary/aromatic N) is 2. The van der Waals surface area contributed by atoms with E-state index in [0.717, 1.165) is 0 Å². The van der Waals surface area contributed by atoms with E-state index in [1.807, 2.05) is 0 Å². The Labute approximate surface area is 248 Å². The number of aryl methyl sites for hydroxylation is 4. The Morgan fingerprint density at radius 2 is 0.725 bits per heavy atom. The summed E-state index contributed by atoms with van der Waals surface area (Å²) in [6.45, 7) is 2.36. The van der Waals surface area contributed by atoms with Gasteiger partial charge in [-0.2, -0.15) is 0 Å². The maximum absolute atomic E-state index is 2.44. The van der Waals surface area contributed by atoms with Gasteiger partial charge in [-0.3, -0.25) is 0 Å². The van der Waals surface area contributed by atoms with Crippen molar-refractivity contribution >= 4 is 0 Å². The lowest BCUT2D eigenvalue weighted by atomic mass is 10.0. The molecule has 3 heterocycles. The first-order chi connectivity index (χ1) is 19.9. The van der Waals surface area contributed by atoms with Crippen LogP contribution in [0.15, 0.2) is 61.2 Å². The predicted molar refractivity (Wildman–Crippen MR) is 171 cm³/mol. The first-order valence-electron chi connectivity index (χ1n) is 17.5. The zero-order valence-corrected chi connectivity index (χ0v) is 26.1. The molecule has 1 aliphatic heterocycles. The maximum atomic E-state index is 2.44. The fourth-order valence-electron chi connectivity index (χ4n) is 6.21. The van der Waals surface area contributed by atoms with E-state index in [-0.39, 0.29) is 0 Å². The Kier molecular flexibility index (Phi) is 18.5. The van der Waals surface area contributed by atoms with Crippen molar-refractivity contribution in [2.24, 2.45) is 0 Å². The summed E-state index contributed by atoms with van der Waals surface area (Å²) >= 11 is 0. The molecule has 0 N–H and O–H groups in total. The first-order valence-corrected chi connectivity index (χ1v) is 17.5. The molecule has 222 valence electrons. The second kappa shape index (κ2) is 22.7. The summed E-state index contributed by atoms with van der Waals surface area (Å²) in [6, 6.07) is 9.16. The number of hydrogen-bond donors (Lipinski definition) is 0. The summed E-state index contributed by atoms with van der Waals surface area (Å²) in [5.74, 6) is 0. The van der Waals surface area contributed by atoms with E-state index in [4.69, 9.17) is 0 Å². The Morgan fingerprint density at radius 3 is 1.15 bits per heavy atom. The molecule has 0 amide bonds. The fraction of sp³-hybridized carbons (Fsp3) is 0.684. The van der Waals surface area contributed by atoms with E-state index < -0.39 is 0 Å². The molecule has 1 aliphatic rings. The number of hydrogen-bond acceptors (Lipinski definition) is 0. The minimum absolute atomic E-state index is 1.17. The van der Waals surface area contributed by atoms with Gasteiger partial charge in [-0.1, -0.05) is 89.2 Å². The molecule has 0 saturated heterocycles. The summed E-state index contributed by atoms with van der Waals surface area (Å²) in [7, 11) is 0. The van der Waals surface area contributed by atoms with E-state index in [0.29, 0.717) is 0 Å². The van der Waals surface area contributed by atoms with E-state index in [2.05, 4.69) is 70.3 Å². The number of aromatic nitrogens is 2. The smallest absolute Gasteiger partial charge is 0.171 e. The topological polar surface area (TPSA) is 7.76 Å². The second-order valence-corrected chi connectivity index (χ2v) is 12.5. The molecule has 0 radical (unpaired) electrons. The molecule has 40 heavy (non-hydrogen) atoms. The molecule has 2 nitrogen and oxygen atoms in total. The summed E-state index contributed by atoms with van der Waals surface area (Å²) in [5.41, 5.74) is 3.04. The van der Waals surface area contributed by atoms with Crippen LogP contribution in [0.3, 0.4) is 0 Å². The molecule has 0 unspecified atom stereocenters. The largest absolute Gasteiger partial charge is 0.205 e. The van der Waals surface area contributed by atoms with Gasteiger partial charge in [0, 0.05) is 36.1 Å². The van der Waals surface area contributed by atoms with Crippen LogP contribution in [0, 0.1) is 0 Å². The average molecular weight is 547 g/mol. The second-order valence-electron chi connectivity index (χ2n) is 12.5. The normalized spacial score (nSPS) is 20.6. The van der Waals surface area contributed by atoms with Crippen LogP contribution in [-0.2, 0) is 25.9 Å². The number of allylic oxidation sites excluding steroid dienone is 2. The quantitative estimate of drug-likeness (QED) is 0.229. The van der Waals surface area contributed by atoms with Crippen molar-refractivity contribution in [3.8, 4) is 0 Å². The SMILES string of the molecule is C1=C\CCCCCC[n+]2cccc(c2)CCCCCCCCCCCCCC[n+]2cccc(c2)CCCCCC/1. The van der Waals surface area contributed by atoms with Gasteiger partial charge in [0.2, 0.25) is 0 Å². The molecular weight excluding hydrogens is 484 g/mol. The van der Waals surface area contributed by atoms with E-state index in [9.17, 15) is 0 Å². The minimum Gasteiger partial charge on any atom is -0.205 e. The summed E-state index contributed by atoms with van der Waals surface area (Å²) in [4.78, 5) is 0. The molecule has 0 fully saturated rings. The van der Waals surface area contributed by atoms with Gasteiger partial charge in [-0.05, 0) is 76.3 Å². The van der Waals surface area contributed by atoms with E-state index >= 15 is 0 Å². The van der Waals surface area contributed by atoms with Gasteiger partial charge in [-0.25, -0.2) is 9.13 Å². The van der Waals surface area contributed by atoms with Crippen LogP contribution < -0.4 is 9.13 Å². The molecule has 0 saturated carbocycles. The highest BCUT2D eigenvalue weighted by Crippen LogP contribution is 2.14. The van der Waals surface area contributed by atoms with Gasteiger partial charge in [0.25, 0.3) is 0 Å². The van der Waals surface area contributed by atoms with Crippen molar-refractivity contribution in [1.29, 1.82) is 0 Å². The van der Waals surface area contributed by atoms with Crippen molar-refractivity contribution < 1.29 is 9.13 Å². The Hall–Kier alpha value is -1.96. The summed E-state index contributed by atoms with van der Waals surface area (Å²) < 4.78 is 4.86. The molecule has 0 aliphatic carbocycles. The van der Waals surface area contributed by atoms with Crippen molar-refractivity contribution in [3.63, 3.8) is 0 Å². The predicted octanol–water partition coefficient (Wildman–Crippen LogP) is 10.2. The average Bonchev–Trinajstić information content (AvgIpc) is 2.97. The van der Waals surface area contributed by atoms with Crippen LogP contribution in [0.25, 0.3) is 0 Å². The molecular formula is C38H62N2+2. The number of pyridine rings is 2. The van der Waals surface area contributed by atoms with Gasteiger partial charge < -0.3 is 0 Å². The van der Waals surface area contributed by atoms with Gasteiger partial charge in [0.15, 0.2) is 24.8 Å². The van der Waals surface area contributed by atoms with Gasteiger partial charge in [0.1, 0.15) is 13.1 Å². The van der Waals surface area contributed by atoms with Crippen LogP contribution >= 0.6 is 0 Å². The lowest BCUT2D eigenvalue weighted by Gasteiger charge is -2.04. The zero-order valence-electron chi connectivity index (χ0n) is 26.1. The third-order valence-corrected chi connectivity index (χ3v) is 8.76. The third kappa shape index (κ3) is 16.3. The van der Waals surface area contributed by atoms with Crippen molar-refractivity contribution in [2.45, 2.75) is 167 Å². The number of fused-ring (bicyclic) bond motifs is 4. The van der Waals surface area contributed by atoms with Crippen molar-refractivity contribution in [1.82, 2.24) is 0 Å². The molecule has 0 atom stereocenters. The minimum atomic E-state index is 1.17. The Balaban J connectivity index is 1.34. The third-order valence-electron chi connectivity index (χ3n) is 8.76. The standard InChI is InChI=1S/C38H62N2/c1-3-7-11-15-19-23-31-39-33-26-30-38(36-39)28-22-18-14-10-6-2-4-8-12-16-20-24-32-40-34-25-29-37(35-40)27-21-17-13-9-5-1/h1,3,25-26,29-30,33-36H,2,4-24,27-28,31-32H2/q+2/b3-1-. The first kappa shape index (κ1) is 32.6.